The lowest BCUT2D eigenvalue weighted by Gasteiger charge is -2.12. The van der Waals surface area contributed by atoms with Gasteiger partial charge in [0.1, 0.15) is 17.4 Å². The summed E-state index contributed by atoms with van der Waals surface area (Å²) < 4.78 is 5.25. The van der Waals surface area contributed by atoms with Crippen molar-refractivity contribution in [2.75, 3.05) is 12.4 Å². The molecule has 0 spiro atoms. The Bertz CT molecular complexity index is 735. The van der Waals surface area contributed by atoms with E-state index in [1.165, 1.54) is 12.1 Å². The second kappa shape index (κ2) is 5.92. The minimum absolute atomic E-state index is 0.0294. The Kier molecular flexibility index (Phi) is 4.05. The highest BCUT2D eigenvalue weighted by Gasteiger charge is 2.15. The Morgan fingerprint density at radius 2 is 2.05 bits per heavy atom. The maximum absolute atomic E-state index is 11.0. The van der Waals surface area contributed by atoms with Gasteiger partial charge in [0.25, 0.3) is 5.69 Å². The third-order valence-corrected chi connectivity index (χ3v) is 2.95. The number of anilines is 2. The molecule has 1 N–H and O–H groups in total. The van der Waals surface area contributed by atoms with E-state index in [4.69, 9.17) is 10.00 Å². The monoisotopic (exact) mass is 283 g/mol. The summed E-state index contributed by atoms with van der Waals surface area (Å²) in [6.45, 7) is 1.94. The Morgan fingerprint density at radius 1 is 1.29 bits per heavy atom. The van der Waals surface area contributed by atoms with Gasteiger partial charge in [0.2, 0.25) is 0 Å². The lowest BCUT2D eigenvalue weighted by atomic mass is 10.1. The minimum atomic E-state index is -0.572. The molecule has 0 aromatic heterocycles. The number of aryl methyl sites for hydroxylation is 1. The summed E-state index contributed by atoms with van der Waals surface area (Å²) in [4.78, 5) is 10.4. The van der Waals surface area contributed by atoms with Crippen molar-refractivity contribution in [3.63, 3.8) is 0 Å². The summed E-state index contributed by atoms with van der Waals surface area (Å²) in [6.07, 6.45) is 0. The van der Waals surface area contributed by atoms with E-state index in [2.05, 4.69) is 5.32 Å². The molecule has 21 heavy (non-hydrogen) atoms. The second-order valence-corrected chi connectivity index (χ2v) is 4.43. The van der Waals surface area contributed by atoms with Gasteiger partial charge < -0.3 is 10.1 Å². The Labute approximate surface area is 121 Å². The fourth-order valence-corrected chi connectivity index (χ4v) is 1.93. The molecule has 0 saturated heterocycles. The molecule has 0 unspecified atom stereocenters. The summed E-state index contributed by atoms with van der Waals surface area (Å²) in [5.41, 5.74) is 2.05. The molecule has 0 aliphatic rings. The molecule has 2 rings (SSSR count). The number of nitro benzene ring substituents is 1. The minimum Gasteiger partial charge on any atom is -0.495 e. The topological polar surface area (TPSA) is 88.2 Å². The predicted molar refractivity (Wildman–Crippen MR) is 78.8 cm³/mol. The number of hydrogen-bond donors (Lipinski definition) is 1. The maximum atomic E-state index is 11.0. The summed E-state index contributed by atoms with van der Waals surface area (Å²) in [7, 11) is 1.55. The number of nitro groups is 1. The standard InChI is InChI=1S/C15H13N3O3/c1-10-3-6-15(21-2)13(7-10)17-12-5-4-11(9-16)14(8-12)18(19)20/h3-8,17H,1-2H3. The lowest BCUT2D eigenvalue weighted by molar-refractivity contribution is -0.385. The predicted octanol–water partition coefficient (Wildman–Crippen LogP) is 3.53. The molecule has 0 saturated carbocycles. The number of ether oxygens (including phenoxy) is 1. The number of nitriles is 1. The highest BCUT2D eigenvalue weighted by atomic mass is 16.6. The Balaban J connectivity index is 2.41. The van der Waals surface area contributed by atoms with Crippen LogP contribution in [0.2, 0.25) is 0 Å². The highest BCUT2D eigenvalue weighted by molar-refractivity contribution is 5.70. The number of hydrogen-bond acceptors (Lipinski definition) is 5. The Morgan fingerprint density at radius 3 is 2.67 bits per heavy atom. The van der Waals surface area contributed by atoms with Gasteiger partial charge in [-0.3, -0.25) is 10.1 Å². The van der Waals surface area contributed by atoms with Gasteiger partial charge in [0.15, 0.2) is 0 Å². The first kappa shape index (κ1) is 14.3. The smallest absolute Gasteiger partial charge is 0.289 e. The summed E-state index contributed by atoms with van der Waals surface area (Å²) in [5, 5.41) is 22.9. The number of nitrogens with zero attached hydrogens (tertiary/aromatic N) is 2. The molecule has 0 fully saturated rings. The molecule has 6 nitrogen and oxygen atoms in total. The molecular weight excluding hydrogens is 270 g/mol. The SMILES string of the molecule is COc1ccc(C)cc1Nc1ccc(C#N)c([N+](=O)[O-])c1. The van der Waals surface area contributed by atoms with E-state index in [1.807, 2.05) is 25.1 Å². The van der Waals surface area contributed by atoms with Crippen molar-refractivity contribution in [2.45, 2.75) is 6.92 Å². The Hall–Kier alpha value is -3.07. The van der Waals surface area contributed by atoms with Gasteiger partial charge in [-0.05, 0) is 36.8 Å². The zero-order valence-electron chi connectivity index (χ0n) is 11.6. The number of nitrogens with one attached hydrogen (secondary N) is 1. The molecule has 0 amide bonds. The van der Waals surface area contributed by atoms with Crippen molar-refractivity contribution in [3.8, 4) is 11.8 Å². The normalized spacial score (nSPS) is 9.76. The van der Waals surface area contributed by atoms with Crippen molar-refractivity contribution in [1.82, 2.24) is 0 Å². The quantitative estimate of drug-likeness (QED) is 0.685. The van der Waals surface area contributed by atoms with E-state index >= 15 is 0 Å². The van der Waals surface area contributed by atoms with Gasteiger partial charge >= 0.3 is 0 Å². The molecule has 0 heterocycles. The molecule has 6 heteroatoms. The van der Waals surface area contributed by atoms with Crippen molar-refractivity contribution < 1.29 is 9.66 Å². The largest absolute Gasteiger partial charge is 0.495 e. The third kappa shape index (κ3) is 3.09. The van der Waals surface area contributed by atoms with Crippen molar-refractivity contribution >= 4 is 17.1 Å². The molecule has 0 aliphatic heterocycles. The number of benzene rings is 2. The number of methoxy groups -OCH3 is 1. The van der Waals surface area contributed by atoms with Gasteiger partial charge in [-0.2, -0.15) is 5.26 Å². The van der Waals surface area contributed by atoms with Crippen LogP contribution < -0.4 is 10.1 Å². The maximum Gasteiger partial charge on any atom is 0.289 e. The zero-order chi connectivity index (χ0) is 15.4. The fourth-order valence-electron chi connectivity index (χ4n) is 1.93. The van der Waals surface area contributed by atoms with Gasteiger partial charge in [0, 0.05) is 11.8 Å². The van der Waals surface area contributed by atoms with Crippen LogP contribution in [0.4, 0.5) is 17.1 Å². The highest BCUT2D eigenvalue weighted by Crippen LogP contribution is 2.30. The molecular formula is C15H13N3O3. The van der Waals surface area contributed by atoms with Crippen molar-refractivity contribution in [1.29, 1.82) is 5.26 Å². The molecule has 2 aromatic carbocycles. The third-order valence-electron chi connectivity index (χ3n) is 2.95. The summed E-state index contributed by atoms with van der Waals surface area (Å²) in [6, 6.07) is 11.8. The van der Waals surface area contributed by atoms with Crippen LogP contribution in [0.5, 0.6) is 5.75 Å². The second-order valence-electron chi connectivity index (χ2n) is 4.43. The average molecular weight is 283 g/mol. The van der Waals surface area contributed by atoms with Crippen LogP contribution in [-0.4, -0.2) is 12.0 Å². The first-order chi connectivity index (χ1) is 10.0. The van der Waals surface area contributed by atoms with E-state index in [0.29, 0.717) is 17.1 Å². The first-order valence-electron chi connectivity index (χ1n) is 6.15. The van der Waals surface area contributed by atoms with Gasteiger partial charge in [-0.25, -0.2) is 0 Å². The molecule has 0 radical (unpaired) electrons. The molecule has 0 aliphatic carbocycles. The van der Waals surface area contributed by atoms with Crippen molar-refractivity contribution in [2.24, 2.45) is 0 Å². The van der Waals surface area contributed by atoms with Crippen LogP contribution in [-0.2, 0) is 0 Å². The summed E-state index contributed by atoms with van der Waals surface area (Å²) in [5.74, 6) is 0.632. The molecule has 0 atom stereocenters. The first-order valence-corrected chi connectivity index (χ1v) is 6.15. The van der Waals surface area contributed by atoms with Crippen LogP contribution in [0.15, 0.2) is 36.4 Å². The molecule has 106 valence electrons. The van der Waals surface area contributed by atoms with E-state index in [-0.39, 0.29) is 11.3 Å². The van der Waals surface area contributed by atoms with E-state index in [0.717, 1.165) is 5.56 Å². The molecule has 0 bridgehead atoms. The van der Waals surface area contributed by atoms with Crippen LogP contribution in [0.1, 0.15) is 11.1 Å². The van der Waals surface area contributed by atoms with Crippen molar-refractivity contribution in [3.05, 3.63) is 57.6 Å². The lowest BCUT2D eigenvalue weighted by Crippen LogP contribution is -1.98. The van der Waals surface area contributed by atoms with Gasteiger partial charge in [0.05, 0.1) is 17.7 Å². The zero-order valence-corrected chi connectivity index (χ0v) is 11.6. The molecule has 2 aromatic rings. The van der Waals surface area contributed by atoms with Crippen LogP contribution in [0, 0.1) is 28.4 Å². The average Bonchev–Trinajstić information content (AvgIpc) is 2.47. The van der Waals surface area contributed by atoms with Crippen LogP contribution >= 0.6 is 0 Å². The van der Waals surface area contributed by atoms with Gasteiger partial charge in [-0.15, -0.1) is 0 Å². The van der Waals surface area contributed by atoms with E-state index < -0.39 is 4.92 Å². The number of rotatable bonds is 4. The summed E-state index contributed by atoms with van der Waals surface area (Å²) >= 11 is 0. The van der Waals surface area contributed by atoms with E-state index in [1.54, 1.807) is 19.2 Å². The van der Waals surface area contributed by atoms with Crippen LogP contribution in [0.3, 0.4) is 0 Å². The van der Waals surface area contributed by atoms with Gasteiger partial charge in [-0.1, -0.05) is 6.07 Å². The fraction of sp³-hybridized carbons (Fsp3) is 0.133. The van der Waals surface area contributed by atoms with E-state index in [9.17, 15) is 10.1 Å². The van der Waals surface area contributed by atoms with Crippen LogP contribution in [0.25, 0.3) is 0 Å².